The molecule has 9 N–H and O–H groups in total. The zero-order valence-corrected chi connectivity index (χ0v) is 26.1. The summed E-state index contributed by atoms with van der Waals surface area (Å²) in [4.78, 5) is 33.4. The lowest BCUT2D eigenvalue weighted by atomic mass is 9.82. The molecule has 0 aliphatic carbocycles. The van der Waals surface area contributed by atoms with E-state index in [4.69, 9.17) is 29.3 Å². The predicted molar refractivity (Wildman–Crippen MR) is 151 cm³/mol. The van der Waals surface area contributed by atoms with Crippen LogP contribution in [-0.4, -0.2) is 119 Å². The lowest BCUT2D eigenvalue weighted by Crippen LogP contribution is -2.61. The van der Waals surface area contributed by atoms with Crippen LogP contribution in [0.1, 0.15) is 25.5 Å². The second-order valence-electron chi connectivity index (χ2n) is 10.3. The highest BCUT2D eigenvalue weighted by Gasteiger charge is 2.55. The van der Waals surface area contributed by atoms with Crippen LogP contribution < -0.4 is 5.73 Å². The standard InChI is InChI=1S/C22H32N4O16P2S/c1-8(28)24-3-10-12(39-19(22(10,2)33)9-5-37-18-13(9)25-7-26-20(18)23)6-38-44(36,45)42-43(34,35)41-21-16(32)14(30)15(31)17(40-21)11(29)4-27/h3,5,7,10-12,14-17,19,21,27,29-33H,4,6H2,1-2H3,(H,34,35)(H,36,45)(H2,23,25,26)/b24-3+/t10?,11-,12+,14?,15?,16?,17?,19-,21?,22+,44?/m0/s1. The number of aliphatic hydroxyl groups is 6. The normalized spacial score (nSPS) is 35.8. The number of thiol groups is 1. The first-order valence-corrected chi connectivity index (χ1v) is 17.2. The van der Waals surface area contributed by atoms with Gasteiger partial charge in [-0.05, 0) is 6.92 Å². The number of phosphoric acid groups is 1. The maximum Gasteiger partial charge on any atom is 0.482 e. The molecule has 2 fully saturated rings. The number of carbonyl (C=O) groups excluding carboxylic acids is 1. The molecule has 20 nitrogen and oxygen atoms in total. The van der Waals surface area contributed by atoms with Gasteiger partial charge in [-0.15, -0.1) is 0 Å². The van der Waals surface area contributed by atoms with Gasteiger partial charge < -0.3 is 55.2 Å². The summed E-state index contributed by atoms with van der Waals surface area (Å²) in [7, 11) is -5.53. The minimum atomic E-state index is -5.53. The van der Waals surface area contributed by atoms with Crippen molar-refractivity contribution in [3.8, 4) is 0 Å². The molecule has 252 valence electrons. The molecule has 2 aliphatic heterocycles. The Morgan fingerprint density at radius 2 is 1.93 bits per heavy atom. The van der Waals surface area contributed by atoms with E-state index in [-0.39, 0.29) is 22.5 Å². The van der Waals surface area contributed by atoms with Crippen LogP contribution in [0.4, 0.5) is 5.82 Å². The SMILES string of the molecule is CC(=O)/N=C/C1[C@@H](COP(=O)(S)OP(=O)(O)OC2OC([C@@H](O)CO)C(O)C(O)C2O)O[C@@H](c2coc3c(N)ncnc23)[C@]1(C)O. The summed E-state index contributed by atoms with van der Waals surface area (Å²) in [5.41, 5.74) is 4.53. The van der Waals surface area contributed by atoms with Gasteiger partial charge in [-0.2, -0.15) is 4.31 Å². The van der Waals surface area contributed by atoms with Crippen LogP contribution in [0, 0.1) is 5.92 Å². The smallest absolute Gasteiger partial charge is 0.458 e. The van der Waals surface area contributed by atoms with Gasteiger partial charge in [0.2, 0.25) is 5.91 Å². The summed E-state index contributed by atoms with van der Waals surface area (Å²) in [5, 5.41) is 60.6. The first kappa shape index (κ1) is 35.9. The molecular formula is C22H32N4O16P2S. The minimum Gasteiger partial charge on any atom is -0.458 e. The van der Waals surface area contributed by atoms with Gasteiger partial charge in [-0.3, -0.25) is 13.8 Å². The quantitative estimate of drug-likeness (QED) is 0.0737. The number of anilines is 1. The monoisotopic (exact) mass is 702 g/mol. The molecule has 1 amide bonds. The van der Waals surface area contributed by atoms with E-state index in [1.54, 1.807) is 0 Å². The fourth-order valence-corrected chi connectivity index (χ4v) is 8.03. The average Bonchev–Trinajstić information content (AvgIpc) is 3.48. The summed E-state index contributed by atoms with van der Waals surface area (Å²) in [6, 6.07) is 0. The van der Waals surface area contributed by atoms with E-state index < -0.39 is 94.3 Å². The van der Waals surface area contributed by atoms with Gasteiger partial charge in [0.25, 0.3) is 0 Å². The van der Waals surface area contributed by atoms with Crippen molar-refractivity contribution in [2.24, 2.45) is 10.9 Å². The number of nitrogen functional groups attached to an aromatic ring is 1. The highest BCUT2D eigenvalue weighted by molar-refractivity contribution is 8.45. The maximum atomic E-state index is 13.0. The van der Waals surface area contributed by atoms with Crippen molar-refractivity contribution in [3.63, 3.8) is 0 Å². The minimum absolute atomic E-state index is 0.0132. The molecule has 0 saturated carbocycles. The van der Waals surface area contributed by atoms with E-state index in [2.05, 4.69) is 36.0 Å². The molecule has 4 rings (SSSR count). The van der Waals surface area contributed by atoms with E-state index in [0.29, 0.717) is 0 Å². The Balaban J connectivity index is 1.50. The molecule has 0 spiro atoms. The van der Waals surface area contributed by atoms with Gasteiger partial charge in [0.05, 0.1) is 31.5 Å². The maximum absolute atomic E-state index is 13.0. The number of rotatable bonds is 11. The molecule has 8 unspecified atom stereocenters. The lowest BCUT2D eigenvalue weighted by Gasteiger charge is -2.41. The number of phosphoric ester groups is 1. The molecular weight excluding hydrogens is 670 g/mol. The molecule has 23 heteroatoms. The van der Waals surface area contributed by atoms with Crippen molar-refractivity contribution >= 4 is 55.9 Å². The molecule has 12 atom stereocenters. The Morgan fingerprint density at radius 3 is 2.58 bits per heavy atom. The number of hydrogen-bond acceptors (Lipinski definition) is 18. The first-order chi connectivity index (χ1) is 20.9. The number of aliphatic hydroxyl groups excluding tert-OH is 5. The van der Waals surface area contributed by atoms with Crippen molar-refractivity contribution in [1.29, 1.82) is 0 Å². The largest absolute Gasteiger partial charge is 0.482 e. The lowest BCUT2D eigenvalue weighted by molar-refractivity contribution is -0.292. The Labute approximate surface area is 259 Å². The average molecular weight is 703 g/mol. The van der Waals surface area contributed by atoms with Crippen molar-refractivity contribution < 1.29 is 76.7 Å². The number of aromatic nitrogens is 2. The predicted octanol–water partition coefficient (Wildman–Crippen LogP) is -1.42. The van der Waals surface area contributed by atoms with Gasteiger partial charge >= 0.3 is 14.6 Å². The van der Waals surface area contributed by atoms with Gasteiger partial charge in [-0.1, -0.05) is 12.2 Å². The molecule has 0 radical (unpaired) electrons. The first-order valence-electron chi connectivity index (χ1n) is 13.0. The molecule has 2 saturated heterocycles. The molecule has 0 aromatic carbocycles. The number of aliphatic imine (C=N–C) groups is 1. The Bertz CT molecular complexity index is 1510. The highest BCUT2D eigenvalue weighted by atomic mass is 32.7. The number of carbonyl (C=O) groups is 1. The van der Waals surface area contributed by atoms with Crippen LogP contribution >= 0.6 is 26.9 Å². The second-order valence-corrected chi connectivity index (χ2v) is 14.8. The van der Waals surface area contributed by atoms with Gasteiger partial charge in [0, 0.05) is 18.7 Å². The topological polar surface area (TPSA) is 316 Å². The number of amides is 1. The Morgan fingerprint density at radius 1 is 1.24 bits per heavy atom. The summed E-state index contributed by atoms with van der Waals surface area (Å²) < 4.78 is 56.5. The number of hydrogen-bond donors (Lipinski definition) is 9. The van der Waals surface area contributed by atoms with Crippen LogP contribution in [0.2, 0.25) is 0 Å². The van der Waals surface area contributed by atoms with Crippen LogP contribution in [0.3, 0.4) is 0 Å². The zero-order valence-electron chi connectivity index (χ0n) is 23.4. The molecule has 2 aromatic rings. The van der Waals surface area contributed by atoms with E-state index in [1.165, 1.54) is 13.2 Å². The molecule has 2 aliphatic rings. The van der Waals surface area contributed by atoms with E-state index in [9.17, 15) is 44.4 Å². The molecule has 0 bridgehead atoms. The van der Waals surface area contributed by atoms with E-state index >= 15 is 0 Å². The second kappa shape index (κ2) is 13.7. The number of furan rings is 1. The van der Waals surface area contributed by atoms with E-state index in [1.807, 2.05) is 0 Å². The third-order valence-electron chi connectivity index (χ3n) is 7.04. The number of nitrogens with two attached hydrogens (primary N) is 1. The molecule has 45 heavy (non-hydrogen) atoms. The van der Waals surface area contributed by atoms with Crippen LogP contribution in [-0.2, 0) is 36.8 Å². The van der Waals surface area contributed by atoms with E-state index in [0.717, 1.165) is 19.5 Å². The number of nitrogens with zero attached hydrogens (tertiary/aromatic N) is 3. The van der Waals surface area contributed by atoms with Crippen molar-refractivity contribution in [1.82, 2.24) is 9.97 Å². The fraction of sp³-hybridized carbons (Fsp3) is 0.636. The third-order valence-corrected chi connectivity index (χ3v) is 10.6. The highest BCUT2D eigenvalue weighted by Crippen LogP contribution is 2.66. The van der Waals surface area contributed by atoms with Gasteiger partial charge in [-0.25, -0.2) is 24.1 Å². The van der Waals surface area contributed by atoms with Crippen molar-refractivity contribution in [3.05, 3.63) is 18.2 Å². The summed E-state index contributed by atoms with van der Waals surface area (Å²) in [6.45, 7) is -4.06. The van der Waals surface area contributed by atoms with Gasteiger partial charge in [0.1, 0.15) is 54.1 Å². The Hall–Kier alpha value is -1.91. The van der Waals surface area contributed by atoms with Crippen molar-refractivity contribution in [2.75, 3.05) is 18.9 Å². The molecule has 4 heterocycles. The molecule has 2 aromatic heterocycles. The van der Waals surface area contributed by atoms with Crippen molar-refractivity contribution in [2.45, 2.75) is 68.5 Å². The number of fused-ring (bicyclic) bond motifs is 1. The number of ether oxygens (including phenoxy) is 2. The zero-order chi connectivity index (χ0) is 33.5. The van der Waals surface area contributed by atoms with Gasteiger partial charge in [0.15, 0.2) is 17.7 Å². The third kappa shape index (κ3) is 7.81. The fourth-order valence-electron chi connectivity index (χ4n) is 4.84. The van der Waals surface area contributed by atoms with Crippen LogP contribution in [0.5, 0.6) is 0 Å². The summed E-state index contributed by atoms with van der Waals surface area (Å²) >= 11 is 3.67. The van der Waals surface area contributed by atoms with Crippen LogP contribution in [0.15, 0.2) is 22.0 Å². The summed E-state index contributed by atoms with van der Waals surface area (Å²) in [6.07, 6.45) is -11.0. The van der Waals surface area contributed by atoms with Crippen LogP contribution in [0.25, 0.3) is 11.1 Å². The summed E-state index contributed by atoms with van der Waals surface area (Å²) in [5.74, 6) is -1.74. The Kier molecular flexibility index (Phi) is 10.9.